The molecule has 1 aromatic heterocycles. The Morgan fingerprint density at radius 2 is 2.38 bits per heavy atom. The molecule has 1 saturated heterocycles. The van der Waals surface area contributed by atoms with E-state index in [1.54, 1.807) is 6.07 Å². The van der Waals surface area contributed by atoms with E-state index in [1.807, 2.05) is 6.07 Å². The summed E-state index contributed by atoms with van der Waals surface area (Å²) in [5.74, 6) is 1.05. The Kier molecular flexibility index (Phi) is 3.66. The maximum Gasteiger partial charge on any atom is 0.287 e. The zero-order valence-electron chi connectivity index (χ0n) is 9.41. The SMILES string of the molecule is CC1CCCCN1Cc1ccc(C(=O)Cl)o1. The van der Waals surface area contributed by atoms with E-state index >= 15 is 0 Å². The molecule has 0 spiro atoms. The third-order valence-corrected chi connectivity index (χ3v) is 3.34. The molecule has 0 amide bonds. The number of piperidine rings is 1. The Morgan fingerprint density at radius 3 is 3.00 bits per heavy atom. The Labute approximate surface area is 100 Å². The van der Waals surface area contributed by atoms with Crippen molar-refractivity contribution in [2.75, 3.05) is 6.54 Å². The molecular formula is C12H16ClNO2. The molecule has 4 heteroatoms. The lowest BCUT2D eigenvalue weighted by Gasteiger charge is -2.32. The van der Waals surface area contributed by atoms with E-state index in [1.165, 1.54) is 19.3 Å². The largest absolute Gasteiger partial charge is 0.455 e. The highest BCUT2D eigenvalue weighted by Crippen LogP contribution is 2.20. The number of carbonyl (C=O) groups excluding carboxylic acids is 1. The molecule has 1 aromatic rings. The zero-order chi connectivity index (χ0) is 11.5. The summed E-state index contributed by atoms with van der Waals surface area (Å²) in [6.45, 7) is 4.10. The summed E-state index contributed by atoms with van der Waals surface area (Å²) in [7, 11) is 0. The predicted octanol–water partition coefficient (Wildman–Crippen LogP) is 3.03. The summed E-state index contributed by atoms with van der Waals surface area (Å²) in [5, 5.41) is -0.530. The summed E-state index contributed by atoms with van der Waals surface area (Å²) in [6.07, 6.45) is 3.79. The van der Waals surface area contributed by atoms with E-state index in [0.717, 1.165) is 18.8 Å². The first-order valence-electron chi connectivity index (χ1n) is 5.69. The second kappa shape index (κ2) is 5.02. The van der Waals surface area contributed by atoms with Crippen LogP contribution in [0.5, 0.6) is 0 Å². The van der Waals surface area contributed by atoms with Gasteiger partial charge in [-0.15, -0.1) is 0 Å². The molecule has 0 N–H and O–H groups in total. The van der Waals surface area contributed by atoms with Gasteiger partial charge in [-0.25, -0.2) is 0 Å². The van der Waals surface area contributed by atoms with Crippen molar-refractivity contribution >= 4 is 16.8 Å². The van der Waals surface area contributed by atoms with Gasteiger partial charge in [0.25, 0.3) is 5.24 Å². The molecule has 0 bridgehead atoms. The van der Waals surface area contributed by atoms with Crippen molar-refractivity contribution in [1.82, 2.24) is 4.90 Å². The van der Waals surface area contributed by atoms with Gasteiger partial charge in [0.05, 0.1) is 6.54 Å². The van der Waals surface area contributed by atoms with Crippen molar-refractivity contribution in [3.8, 4) is 0 Å². The third kappa shape index (κ3) is 2.66. The second-order valence-electron chi connectivity index (χ2n) is 4.35. The topological polar surface area (TPSA) is 33.5 Å². The number of furan rings is 1. The molecule has 3 nitrogen and oxygen atoms in total. The number of halogens is 1. The number of rotatable bonds is 3. The first-order chi connectivity index (χ1) is 7.66. The van der Waals surface area contributed by atoms with Crippen molar-refractivity contribution in [1.29, 1.82) is 0 Å². The molecule has 1 fully saturated rings. The highest BCUT2D eigenvalue weighted by molar-refractivity contribution is 6.67. The van der Waals surface area contributed by atoms with Gasteiger partial charge in [0, 0.05) is 6.04 Å². The molecule has 1 aliphatic rings. The first kappa shape index (κ1) is 11.7. The number of hydrogen-bond acceptors (Lipinski definition) is 3. The molecule has 0 radical (unpaired) electrons. The summed E-state index contributed by atoms with van der Waals surface area (Å²) >= 11 is 5.34. The van der Waals surface area contributed by atoms with Crippen LogP contribution in [-0.4, -0.2) is 22.7 Å². The van der Waals surface area contributed by atoms with Crippen LogP contribution in [0.4, 0.5) is 0 Å². The van der Waals surface area contributed by atoms with Gasteiger partial charge in [-0.05, 0) is 50.0 Å². The minimum Gasteiger partial charge on any atom is -0.455 e. The smallest absolute Gasteiger partial charge is 0.287 e. The van der Waals surface area contributed by atoms with Gasteiger partial charge < -0.3 is 4.42 Å². The van der Waals surface area contributed by atoms with Crippen LogP contribution in [0.3, 0.4) is 0 Å². The Hall–Kier alpha value is -0.800. The van der Waals surface area contributed by atoms with Crippen LogP contribution in [0.25, 0.3) is 0 Å². The Bertz CT molecular complexity index is 375. The number of hydrogen-bond donors (Lipinski definition) is 0. The van der Waals surface area contributed by atoms with Crippen molar-refractivity contribution in [3.63, 3.8) is 0 Å². The molecule has 16 heavy (non-hydrogen) atoms. The maximum absolute atomic E-state index is 10.9. The minimum absolute atomic E-state index is 0.237. The number of nitrogens with zero attached hydrogens (tertiary/aromatic N) is 1. The molecule has 1 atom stereocenters. The van der Waals surface area contributed by atoms with Crippen LogP contribution in [0, 0.1) is 0 Å². The molecule has 0 aromatic carbocycles. The van der Waals surface area contributed by atoms with Gasteiger partial charge >= 0.3 is 0 Å². The van der Waals surface area contributed by atoms with Gasteiger partial charge in [-0.2, -0.15) is 0 Å². The molecule has 1 unspecified atom stereocenters. The van der Waals surface area contributed by atoms with Crippen molar-refractivity contribution in [2.45, 2.75) is 38.8 Å². The Balaban J connectivity index is 1.99. The summed E-state index contributed by atoms with van der Waals surface area (Å²) in [4.78, 5) is 13.3. The summed E-state index contributed by atoms with van der Waals surface area (Å²) in [5.41, 5.74) is 0. The highest BCUT2D eigenvalue weighted by atomic mass is 35.5. The predicted molar refractivity (Wildman–Crippen MR) is 62.6 cm³/mol. The van der Waals surface area contributed by atoms with Crippen molar-refractivity contribution in [2.24, 2.45) is 0 Å². The standard InChI is InChI=1S/C12H16ClNO2/c1-9-4-2-3-7-14(9)8-10-5-6-11(16-10)12(13)15/h5-6,9H,2-4,7-8H2,1H3. The van der Waals surface area contributed by atoms with E-state index in [4.69, 9.17) is 16.0 Å². The Morgan fingerprint density at radius 1 is 1.56 bits per heavy atom. The normalized spacial score (nSPS) is 22.2. The van der Waals surface area contributed by atoms with Crippen molar-refractivity contribution in [3.05, 3.63) is 23.7 Å². The van der Waals surface area contributed by atoms with Crippen LogP contribution in [0.2, 0.25) is 0 Å². The van der Waals surface area contributed by atoms with E-state index in [-0.39, 0.29) is 5.76 Å². The van der Waals surface area contributed by atoms with Gasteiger partial charge in [0.1, 0.15) is 5.76 Å². The fourth-order valence-corrected chi connectivity index (χ4v) is 2.26. The van der Waals surface area contributed by atoms with Crippen molar-refractivity contribution < 1.29 is 9.21 Å². The van der Waals surface area contributed by atoms with E-state index < -0.39 is 5.24 Å². The minimum atomic E-state index is -0.530. The van der Waals surface area contributed by atoms with E-state index in [9.17, 15) is 4.79 Å². The molecule has 0 aliphatic carbocycles. The molecule has 2 heterocycles. The average molecular weight is 242 g/mol. The molecule has 2 rings (SSSR count). The molecule has 1 aliphatic heterocycles. The van der Waals surface area contributed by atoms with Gasteiger partial charge in [0.15, 0.2) is 5.76 Å². The molecule has 0 saturated carbocycles. The van der Waals surface area contributed by atoms with E-state index in [2.05, 4.69) is 11.8 Å². The lowest BCUT2D eigenvalue weighted by atomic mass is 10.0. The van der Waals surface area contributed by atoms with Crippen LogP contribution in [0.1, 0.15) is 42.5 Å². The number of carbonyl (C=O) groups is 1. The summed E-state index contributed by atoms with van der Waals surface area (Å²) < 4.78 is 5.37. The number of likely N-dealkylation sites (tertiary alicyclic amines) is 1. The summed E-state index contributed by atoms with van der Waals surface area (Å²) in [6, 6.07) is 4.06. The van der Waals surface area contributed by atoms with Crippen LogP contribution >= 0.6 is 11.6 Å². The highest BCUT2D eigenvalue weighted by Gasteiger charge is 2.19. The zero-order valence-corrected chi connectivity index (χ0v) is 10.2. The van der Waals surface area contributed by atoms with Crippen LogP contribution < -0.4 is 0 Å². The maximum atomic E-state index is 10.9. The average Bonchev–Trinajstić information content (AvgIpc) is 2.70. The lowest BCUT2D eigenvalue weighted by molar-refractivity contribution is 0.104. The quantitative estimate of drug-likeness (QED) is 0.763. The molecule has 88 valence electrons. The lowest BCUT2D eigenvalue weighted by Crippen LogP contribution is -2.36. The van der Waals surface area contributed by atoms with Crippen LogP contribution in [0.15, 0.2) is 16.5 Å². The molecular weight excluding hydrogens is 226 g/mol. The van der Waals surface area contributed by atoms with E-state index in [0.29, 0.717) is 6.04 Å². The van der Waals surface area contributed by atoms with Gasteiger partial charge in [-0.3, -0.25) is 9.69 Å². The fraction of sp³-hybridized carbons (Fsp3) is 0.583. The van der Waals surface area contributed by atoms with Gasteiger partial charge in [0.2, 0.25) is 0 Å². The second-order valence-corrected chi connectivity index (χ2v) is 4.70. The third-order valence-electron chi connectivity index (χ3n) is 3.15. The van der Waals surface area contributed by atoms with Gasteiger partial charge in [-0.1, -0.05) is 6.42 Å². The van der Waals surface area contributed by atoms with Crippen LogP contribution in [-0.2, 0) is 6.54 Å². The fourth-order valence-electron chi connectivity index (χ4n) is 2.16. The monoisotopic (exact) mass is 241 g/mol. The first-order valence-corrected chi connectivity index (χ1v) is 6.07.